The maximum Gasteiger partial charge on any atom is 0.267 e. The number of hydrogen-bond acceptors (Lipinski definition) is 4. The molecular formula is C16H13FN4O. The number of nitrogens with zero attached hydrogens (tertiary/aromatic N) is 2. The van der Waals surface area contributed by atoms with Crippen molar-refractivity contribution in [1.82, 2.24) is 10.3 Å². The predicted molar refractivity (Wildman–Crippen MR) is 79.8 cm³/mol. The molecule has 0 aliphatic heterocycles. The van der Waals surface area contributed by atoms with Crippen LogP contribution in [0.5, 0.6) is 0 Å². The zero-order chi connectivity index (χ0) is 15.8. The maximum absolute atomic E-state index is 12.8. The topological polar surface area (TPSA) is 77.8 Å². The smallest absolute Gasteiger partial charge is 0.267 e. The molecule has 22 heavy (non-hydrogen) atoms. The second kappa shape index (κ2) is 7.55. The summed E-state index contributed by atoms with van der Waals surface area (Å²) in [6, 6.07) is 12.6. The molecule has 0 atom stereocenters. The van der Waals surface area contributed by atoms with Crippen LogP contribution in [0.4, 0.5) is 10.1 Å². The summed E-state index contributed by atoms with van der Waals surface area (Å²) < 4.78 is 12.8. The Morgan fingerprint density at radius 3 is 2.68 bits per heavy atom. The van der Waals surface area contributed by atoms with Crippen LogP contribution >= 0.6 is 0 Å². The van der Waals surface area contributed by atoms with Gasteiger partial charge in [-0.1, -0.05) is 6.07 Å². The van der Waals surface area contributed by atoms with Gasteiger partial charge in [0, 0.05) is 18.1 Å². The van der Waals surface area contributed by atoms with Gasteiger partial charge >= 0.3 is 0 Å². The Kier molecular flexibility index (Phi) is 5.21. The van der Waals surface area contributed by atoms with Gasteiger partial charge in [0.25, 0.3) is 5.91 Å². The highest BCUT2D eigenvalue weighted by atomic mass is 19.1. The fraction of sp³-hybridized carbons (Fsp3) is 0.0625. The van der Waals surface area contributed by atoms with Crippen molar-refractivity contribution in [3.05, 3.63) is 71.9 Å². The first-order chi connectivity index (χ1) is 10.7. The molecule has 110 valence electrons. The van der Waals surface area contributed by atoms with Gasteiger partial charge in [-0.2, -0.15) is 5.26 Å². The molecule has 2 N–H and O–H groups in total. The number of carbonyl (C=O) groups excluding carboxylic acids is 1. The lowest BCUT2D eigenvalue weighted by Gasteiger charge is -2.05. The number of amides is 1. The van der Waals surface area contributed by atoms with Crippen LogP contribution in [-0.4, -0.2) is 10.9 Å². The highest BCUT2D eigenvalue weighted by Gasteiger charge is 2.09. The highest BCUT2D eigenvalue weighted by molar-refractivity contribution is 6.06. The van der Waals surface area contributed by atoms with Crippen LogP contribution in [0.1, 0.15) is 5.69 Å². The lowest BCUT2D eigenvalue weighted by Crippen LogP contribution is -2.16. The van der Waals surface area contributed by atoms with Crippen molar-refractivity contribution in [2.45, 2.75) is 6.54 Å². The molecule has 0 aliphatic rings. The van der Waals surface area contributed by atoms with Gasteiger partial charge in [-0.25, -0.2) is 4.39 Å². The molecule has 5 nitrogen and oxygen atoms in total. The molecular weight excluding hydrogens is 283 g/mol. The average Bonchev–Trinajstić information content (AvgIpc) is 2.54. The molecule has 0 saturated heterocycles. The standard InChI is InChI=1S/C16H13FN4O/c17-13-4-6-14(7-5-13)21-16(22)12(9-18)10-19-11-15-3-1-2-8-20-15/h1-8,10,19H,11H2,(H,21,22)/b12-10-. The zero-order valence-electron chi connectivity index (χ0n) is 11.6. The molecule has 2 aromatic rings. The monoisotopic (exact) mass is 296 g/mol. The van der Waals surface area contributed by atoms with E-state index >= 15 is 0 Å². The van der Waals surface area contributed by atoms with E-state index < -0.39 is 11.7 Å². The van der Waals surface area contributed by atoms with E-state index in [-0.39, 0.29) is 5.57 Å². The van der Waals surface area contributed by atoms with Crippen molar-refractivity contribution in [3.63, 3.8) is 0 Å². The average molecular weight is 296 g/mol. The van der Waals surface area contributed by atoms with Gasteiger partial charge in [0.05, 0.1) is 12.2 Å². The first kappa shape index (κ1) is 15.2. The first-order valence-corrected chi connectivity index (χ1v) is 6.49. The zero-order valence-corrected chi connectivity index (χ0v) is 11.6. The van der Waals surface area contributed by atoms with E-state index in [0.29, 0.717) is 12.2 Å². The maximum atomic E-state index is 12.8. The fourth-order valence-corrected chi connectivity index (χ4v) is 1.64. The normalized spacial score (nSPS) is 10.6. The largest absolute Gasteiger partial charge is 0.384 e. The molecule has 1 aromatic heterocycles. The molecule has 0 radical (unpaired) electrons. The van der Waals surface area contributed by atoms with Crippen molar-refractivity contribution in [2.75, 3.05) is 5.32 Å². The third-order valence-corrected chi connectivity index (χ3v) is 2.72. The molecule has 6 heteroatoms. The van der Waals surface area contributed by atoms with Crippen LogP contribution in [0.15, 0.2) is 60.4 Å². The number of nitriles is 1. The number of pyridine rings is 1. The Labute approximate surface area is 127 Å². The van der Waals surface area contributed by atoms with E-state index in [4.69, 9.17) is 5.26 Å². The van der Waals surface area contributed by atoms with Crippen LogP contribution in [0.2, 0.25) is 0 Å². The number of nitrogens with one attached hydrogen (secondary N) is 2. The Hall–Kier alpha value is -3.20. The van der Waals surface area contributed by atoms with E-state index in [1.54, 1.807) is 12.3 Å². The van der Waals surface area contributed by atoms with Gasteiger partial charge in [0.1, 0.15) is 17.5 Å². The van der Waals surface area contributed by atoms with Crippen LogP contribution in [0.25, 0.3) is 0 Å². The molecule has 0 fully saturated rings. The van der Waals surface area contributed by atoms with Crippen LogP contribution in [0.3, 0.4) is 0 Å². The van der Waals surface area contributed by atoms with Gasteiger partial charge in [0.2, 0.25) is 0 Å². The third kappa shape index (κ3) is 4.42. The van der Waals surface area contributed by atoms with Gasteiger partial charge in [-0.15, -0.1) is 0 Å². The van der Waals surface area contributed by atoms with Crippen molar-refractivity contribution < 1.29 is 9.18 Å². The van der Waals surface area contributed by atoms with Crippen molar-refractivity contribution in [1.29, 1.82) is 5.26 Å². The minimum atomic E-state index is -0.567. The number of anilines is 1. The quantitative estimate of drug-likeness (QED) is 0.656. The van der Waals surface area contributed by atoms with Gasteiger partial charge in [-0.3, -0.25) is 9.78 Å². The Bertz CT molecular complexity index is 705. The second-order valence-electron chi connectivity index (χ2n) is 4.33. The summed E-state index contributed by atoms with van der Waals surface area (Å²) in [4.78, 5) is 16.0. The minimum absolute atomic E-state index is 0.0831. The first-order valence-electron chi connectivity index (χ1n) is 6.49. The lowest BCUT2D eigenvalue weighted by molar-refractivity contribution is -0.112. The SMILES string of the molecule is N#C/C(=C/NCc1ccccn1)C(=O)Nc1ccc(F)cc1. The summed E-state index contributed by atoms with van der Waals surface area (Å²) in [6.07, 6.45) is 2.99. The van der Waals surface area contributed by atoms with E-state index in [0.717, 1.165) is 5.69 Å². The molecule has 1 amide bonds. The summed E-state index contributed by atoms with van der Waals surface area (Å²) in [5.41, 5.74) is 1.12. The summed E-state index contributed by atoms with van der Waals surface area (Å²) in [5.74, 6) is -0.964. The van der Waals surface area contributed by atoms with E-state index in [1.165, 1.54) is 30.5 Å². The molecule has 0 spiro atoms. The lowest BCUT2D eigenvalue weighted by atomic mass is 10.2. The number of rotatable bonds is 5. The highest BCUT2D eigenvalue weighted by Crippen LogP contribution is 2.09. The second-order valence-corrected chi connectivity index (χ2v) is 4.33. The van der Waals surface area contributed by atoms with Gasteiger partial charge in [0.15, 0.2) is 0 Å². The minimum Gasteiger partial charge on any atom is -0.384 e. The number of benzene rings is 1. The van der Waals surface area contributed by atoms with Gasteiger partial charge in [-0.05, 0) is 36.4 Å². The fourth-order valence-electron chi connectivity index (χ4n) is 1.64. The summed E-state index contributed by atoms with van der Waals surface area (Å²) >= 11 is 0. The molecule has 2 rings (SSSR count). The van der Waals surface area contributed by atoms with E-state index in [9.17, 15) is 9.18 Å². The number of hydrogen-bond donors (Lipinski definition) is 2. The van der Waals surface area contributed by atoms with Crippen molar-refractivity contribution in [3.8, 4) is 6.07 Å². The number of halogens is 1. The molecule has 1 heterocycles. The van der Waals surface area contributed by atoms with E-state index in [2.05, 4.69) is 15.6 Å². The number of aromatic nitrogens is 1. The predicted octanol–water partition coefficient (Wildman–Crippen LogP) is 2.36. The van der Waals surface area contributed by atoms with E-state index in [1.807, 2.05) is 18.2 Å². The number of carbonyl (C=O) groups is 1. The summed E-state index contributed by atoms with van der Waals surface area (Å²) in [7, 11) is 0. The molecule has 0 saturated carbocycles. The van der Waals surface area contributed by atoms with Crippen LogP contribution < -0.4 is 10.6 Å². The summed E-state index contributed by atoms with van der Waals surface area (Å²) in [6.45, 7) is 0.399. The molecule has 0 aliphatic carbocycles. The molecule has 1 aromatic carbocycles. The van der Waals surface area contributed by atoms with Crippen molar-refractivity contribution >= 4 is 11.6 Å². The Morgan fingerprint density at radius 1 is 1.27 bits per heavy atom. The van der Waals surface area contributed by atoms with Crippen LogP contribution in [-0.2, 0) is 11.3 Å². The van der Waals surface area contributed by atoms with Gasteiger partial charge < -0.3 is 10.6 Å². The Balaban J connectivity index is 1.95. The Morgan fingerprint density at radius 2 is 2.05 bits per heavy atom. The third-order valence-electron chi connectivity index (χ3n) is 2.72. The summed E-state index contributed by atoms with van der Waals surface area (Å²) in [5, 5.41) is 14.4. The molecule has 0 unspecified atom stereocenters. The van der Waals surface area contributed by atoms with Crippen LogP contribution in [0, 0.1) is 17.1 Å². The molecule has 0 bridgehead atoms. The van der Waals surface area contributed by atoms with Crippen molar-refractivity contribution in [2.24, 2.45) is 0 Å².